The molecule has 2 amide bonds. The Balaban J connectivity index is 1.57. The summed E-state index contributed by atoms with van der Waals surface area (Å²) < 4.78 is 5.62. The van der Waals surface area contributed by atoms with Gasteiger partial charge >= 0.3 is 12.1 Å². The van der Waals surface area contributed by atoms with Gasteiger partial charge in [0.05, 0.1) is 0 Å². The van der Waals surface area contributed by atoms with Crippen molar-refractivity contribution in [1.29, 1.82) is 0 Å². The van der Waals surface area contributed by atoms with Crippen LogP contribution in [-0.4, -0.2) is 51.1 Å². The number of ether oxygens (including phenoxy) is 1. The summed E-state index contributed by atoms with van der Waals surface area (Å²) in [6.07, 6.45) is 6.07. The average molecular weight is 456 g/mol. The summed E-state index contributed by atoms with van der Waals surface area (Å²) in [5, 5.41) is 12.9. The van der Waals surface area contributed by atoms with Gasteiger partial charge in [0.2, 0.25) is 5.91 Å². The zero-order valence-corrected chi connectivity index (χ0v) is 19.5. The molecule has 8 heteroatoms. The predicted octanol–water partition coefficient (Wildman–Crippen LogP) is 5.01. The van der Waals surface area contributed by atoms with E-state index in [1.165, 1.54) is 6.42 Å². The summed E-state index contributed by atoms with van der Waals surface area (Å²) >= 11 is 0. The number of benzene rings is 1. The van der Waals surface area contributed by atoms with Gasteiger partial charge in [-0.25, -0.2) is 9.59 Å². The molecule has 0 radical (unpaired) electrons. The number of nitrogens with zero attached hydrogens (tertiary/aromatic N) is 1. The van der Waals surface area contributed by atoms with Crippen LogP contribution in [0.2, 0.25) is 0 Å². The molecule has 2 aromatic rings. The number of fused-ring (bicyclic) bond motifs is 1. The summed E-state index contributed by atoms with van der Waals surface area (Å²) in [4.78, 5) is 42.2. The molecule has 0 bridgehead atoms. The third-order valence-electron chi connectivity index (χ3n) is 6.72. The molecule has 1 aliphatic heterocycles. The van der Waals surface area contributed by atoms with Crippen LogP contribution in [0.4, 0.5) is 10.5 Å². The fraction of sp³-hybridized carbons (Fsp3) is 0.560. The number of carboxylic acids is 1. The number of likely N-dealkylation sites (tertiary alicyclic amines) is 1. The van der Waals surface area contributed by atoms with Crippen molar-refractivity contribution in [2.24, 2.45) is 11.8 Å². The second kappa shape index (κ2) is 9.08. The molecule has 1 aromatic carbocycles. The number of carbonyl (C=O) groups is 3. The number of rotatable bonds is 4. The van der Waals surface area contributed by atoms with Crippen molar-refractivity contribution >= 4 is 34.6 Å². The number of aromatic nitrogens is 1. The first kappa shape index (κ1) is 23.1. The zero-order valence-electron chi connectivity index (χ0n) is 19.5. The number of hydrogen-bond donors (Lipinski definition) is 3. The highest BCUT2D eigenvalue weighted by Gasteiger charge is 2.46. The molecule has 1 aromatic heterocycles. The van der Waals surface area contributed by atoms with Crippen molar-refractivity contribution in [3.05, 3.63) is 30.0 Å². The maximum absolute atomic E-state index is 13.5. The number of amides is 2. The van der Waals surface area contributed by atoms with Crippen LogP contribution in [-0.2, 0) is 9.53 Å². The Morgan fingerprint density at radius 2 is 1.82 bits per heavy atom. The third kappa shape index (κ3) is 5.15. The van der Waals surface area contributed by atoms with Crippen LogP contribution in [0.25, 0.3) is 10.9 Å². The second-order valence-corrected chi connectivity index (χ2v) is 10.2. The molecule has 2 heterocycles. The highest BCUT2D eigenvalue weighted by Crippen LogP contribution is 2.40. The standard InChI is InChI=1S/C25H33N3O5/c1-25(2,3)33-24(32)28-12-11-18(15-7-5-4-6-8-15)21(28)22(29)26-17-9-10-19-16(13-17)14-20(27-19)23(30)31/h9-10,13-15,18,21,27H,4-8,11-12H2,1-3H3,(H,26,29)(H,30,31). The number of aromatic amines is 1. The van der Waals surface area contributed by atoms with Crippen molar-refractivity contribution < 1.29 is 24.2 Å². The van der Waals surface area contributed by atoms with E-state index in [0.29, 0.717) is 29.1 Å². The van der Waals surface area contributed by atoms with Crippen molar-refractivity contribution in [3.63, 3.8) is 0 Å². The highest BCUT2D eigenvalue weighted by atomic mass is 16.6. The van der Waals surface area contributed by atoms with E-state index in [2.05, 4.69) is 10.3 Å². The first-order chi connectivity index (χ1) is 15.6. The molecule has 8 nitrogen and oxygen atoms in total. The van der Waals surface area contributed by atoms with Gasteiger partial charge in [-0.3, -0.25) is 9.69 Å². The number of carbonyl (C=O) groups excluding carboxylic acids is 2. The van der Waals surface area contributed by atoms with E-state index in [1.807, 2.05) is 20.8 Å². The lowest BCUT2D eigenvalue weighted by molar-refractivity contribution is -0.122. The van der Waals surface area contributed by atoms with Crippen LogP contribution in [0.15, 0.2) is 24.3 Å². The van der Waals surface area contributed by atoms with Gasteiger partial charge < -0.3 is 20.1 Å². The molecule has 4 rings (SSSR count). The molecular weight excluding hydrogens is 422 g/mol. The average Bonchev–Trinajstić information content (AvgIpc) is 3.37. The van der Waals surface area contributed by atoms with Crippen molar-refractivity contribution in [1.82, 2.24) is 9.88 Å². The summed E-state index contributed by atoms with van der Waals surface area (Å²) in [5.41, 5.74) is 0.712. The van der Waals surface area contributed by atoms with Gasteiger partial charge in [0, 0.05) is 23.1 Å². The fourth-order valence-electron chi connectivity index (χ4n) is 5.28. The number of anilines is 1. The molecule has 1 saturated heterocycles. The molecule has 1 saturated carbocycles. The Kier molecular flexibility index (Phi) is 6.36. The lowest BCUT2D eigenvalue weighted by Crippen LogP contribution is -2.49. The second-order valence-electron chi connectivity index (χ2n) is 10.2. The molecule has 2 fully saturated rings. The first-order valence-corrected chi connectivity index (χ1v) is 11.8. The largest absolute Gasteiger partial charge is 0.477 e. The number of aromatic carboxylic acids is 1. The zero-order chi connectivity index (χ0) is 23.8. The van der Waals surface area contributed by atoms with E-state index in [9.17, 15) is 19.5 Å². The summed E-state index contributed by atoms with van der Waals surface area (Å²) in [7, 11) is 0. The topological polar surface area (TPSA) is 112 Å². The molecule has 2 unspecified atom stereocenters. The van der Waals surface area contributed by atoms with Gasteiger partial charge in [-0.05, 0) is 63.3 Å². The normalized spacial score (nSPS) is 21.8. The van der Waals surface area contributed by atoms with Gasteiger partial charge in [0.25, 0.3) is 0 Å². The van der Waals surface area contributed by atoms with Crippen molar-refractivity contribution in [2.75, 3.05) is 11.9 Å². The molecule has 3 N–H and O–H groups in total. The monoisotopic (exact) mass is 455 g/mol. The SMILES string of the molecule is CC(C)(C)OC(=O)N1CCC(C2CCCCC2)C1C(=O)Nc1ccc2[nH]c(C(=O)O)cc2c1. The van der Waals surface area contributed by atoms with E-state index < -0.39 is 23.7 Å². The molecule has 2 atom stereocenters. The minimum Gasteiger partial charge on any atom is -0.477 e. The Bertz CT molecular complexity index is 1050. The van der Waals surface area contributed by atoms with Crippen LogP contribution in [0.3, 0.4) is 0 Å². The van der Waals surface area contributed by atoms with E-state index >= 15 is 0 Å². The van der Waals surface area contributed by atoms with Crippen molar-refractivity contribution in [3.8, 4) is 0 Å². The van der Waals surface area contributed by atoms with Crippen LogP contribution < -0.4 is 5.32 Å². The van der Waals surface area contributed by atoms with E-state index in [0.717, 1.165) is 32.1 Å². The Morgan fingerprint density at radius 1 is 1.09 bits per heavy atom. The number of carboxylic acid groups (broad SMARTS) is 1. The summed E-state index contributed by atoms with van der Waals surface area (Å²) in [5.74, 6) is -0.729. The smallest absolute Gasteiger partial charge is 0.410 e. The van der Waals surface area contributed by atoms with Gasteiger partial charge in [0.1, 0.15) is 17.3 Å². The maximum atomic E-state index is 13.5. The molecule has 33 heavy (non-hydrogen) atoms. The van der Waals surface area contributed by atoms with Gasteiger partial charge in [-0.15, -0.1) is 0 Å². The van der Waals surface area contributed by atoms with Crippen molar-refractivity contribution in [2.45, 2.75) is 70.9 Å². The Labute approximate surface area is 193 Å². The number of H-pyrrole nitrogens is 1. The summed E-state index contributed by atoms with van der Waals surface area (Å²) in [6.45, 7) is 5.98. The quantitative estimate of drug-likeness (QED) is 0.600. The first-order valence-electron chi connectivity index (χ1n) is 11.8. The lowest BCUT2D eigenvalue weighted by atomic mass is 9.76. The molecule has 2 aliphatic rings. The minimum atomic E-state index is -1.04. The Hall–Kier alpha value is -3.03. The number of nitrogens with one attached hydrogen (secondary N) is 2. The van der Waals surface area contributed by atoms with Crippen LogP contribution in [0.5, 0.6) is 0 Å². The Morgan fingerprint density at radius 3 is 2.48 bits per heavy atom. The number of hydrogen-bond acceptors (Lipinski definition) is 4. The molecule has 178 valence electrons. The molecular formula is C25H33N3O5. The third-order valence-corrected chi connectivity index (χ3v) is 6.72. The fourth-order valence-corrected chi connectivity index (χ4v) is 5.28. The van der Waals surface area contributed by atoms with Crippen LogP contribution in [0, 0.1) is 11.8 Å². The minimum absolute atomic E-state index is 0.0951. The van der Waals surface area contributed by atoms with Crippen LogP contribution >= 0.6 is 0 Å². The van der Waals surface area contributed by atoms with E-state index in [4.69, 9.17) is 4.74 Å². The van der Waals surface area contributed by atoms with Crippen LogP contribution in [0.1, 0.15) is 69.8 Å². The predicted molar refractivity (Wildman–Crippen MR) is 125 cm³/mol. The lowest BCUT2D eigenvalue weighted by Gasteiger charge is -2.34. The maximum Gasteiger partial charge on any atom is 0.410 e. The molecule has 1 aliphatic carbocycles. The van der Waals surface area contributed by atoms with Gasteiger partial charge in [-0.2, -0.15) is 0 Å². The van der Waals surface area contributed by atoms with Gasteiger partial charge in [0.15, 0.2) is 0 Å². The van der Waals surface area contributed by atoms with E-state index in [-0.39, 0.29) is 17.5 Å². The molecule has 0 spiro atoms. The highest BCUT2D eigenvalue weighted by molar-refractivity contribution is 6.00. The summed E-state index contributed by atoms with van der Waals surface area (Å²) in [6, 6.07) is 6.19. The van der Waals surface area contributed by atoms with Gasteiger partial charge in [-0.1, -0.05) is 32.1 Å². The van der Waals surface area contributed by atoms with E-state index in [1.54, 1.807) is 29.2 Å².